The van der Waals surface area contributed by atoms with Gasteiger partial charge in [0.25, 0.3) is 0 Å². The fourth-order valence-electron chi connectivity index (χ4n) is 2.05. The number of fused-ring (bicyclic) bond motifs is 1. The van der Waals surface area contributed by atoms with Crippen molar-refractivity contribution in [1.82, 2.24) is 0 Å². The van der Waals surface area contributed by atoms with Crippen molar-refractivity contribution in [2.75, 3.05) is 0 Å². The third-order valence-corrected chi connectivity index (χ3v) is 3.33. The Bertz CT molecular complexity index is 751. The first-order valence-electron chi connectivity index (χ1n) is 5.86. The van der Waals surface area contributed by atoms with Crippen LogP contribution < -0.4 is 5.73 Å². The third kappa shape index (κ3) is 2.11. The predicted molar refractivity (Wildman–Crippen MR) is 74.5 cm³/mol. The van der Waals surface area contributed by atoms with Crippen molar-refractivity contribution in [3.8, 4) is 11.3 Å². The molecule has 0 saturated carbocycles. The normalized spacial score (nSPS) is 11.1. The van der Waals surface area contributed by atoms with Crippen LogP contribution in [0.1, 0.15) is 5.56 Å². The van der Waals surface area contributed by atoms with E-state index >= 15 is 0 Å². The highest BCUT2D eigenvalue weighted by Crippen LogP contribution is 2.33. The van der Waals surface area contributed by atoms with Gasteiger partial charge < -0.3 is 10.2 Å². The van der Waals surface area contributed by atoms with Gasteiger partial charge in [-0.15, -0.1) is 0 Å². The Hall–Kier alpha value is -1.84. The van der Waals surface area contributed by atoms with E-state index < -0.39 is 0 Å². The van der Waals surface area contributed by atoms with Crippen molar-refractivity contribution < 1.29 is 8.81 Å². The maximum atomic E-state index is 14.0. The van der Waals surface area contributed by atoms with Crippen LogP contribution in [0.15, 0.2) is 46.9 Å². The first-order valence-corrected chi connectivity index (χ1v) is 6.24. The monoisotopic (exact) mass is 275 g/mol. The summed E-state index contributed by atoms with van der Waals surface area (Å²) in [4.78, 5) is 0. The molecule has 0 bridgehead atoms. The molecule has 1 aromatic heterocycles. The number of rotatable bonds is 2. The molecule has 3 rings (SSSR count). The van der Waals surface area contributed by atoms with Crippen LogP contribution >= 0.6 is 11.6 Å². The summed E-state index contributed by atoms with van der Waals surface area (Å²) in [5, 5.41) is 1.37. The number of hydrogen-bond donors (Lipinski definition) is 1. The van der Waals surface area contributed by atoms with Gasteiger partial charge in [-0.25, -0.2) is 4.39 Å². The SMILES string of the molecule is NCc1ccc(-c2cc3cccc(Cl)c3o2)c(F)c1. The van der Waals surface area contributed by atoms with E-state index in [0.717, 1.165) is 10.9 Å². The zero-order chi connectivity index (χ0) is 13.4. The minimum Gasteiger partial charge on any atom is -0.454 e. The van der Waals surface area contributed by atoms with E-state index in [4.69, 9.17) is 21.8 Å². The first kappa shape index (κ1) is 12.2. The smallest absolute Gasteiger partial charge is 0.153 e. The molecule has 0 aliphatic rings. The molecule has 3 aromatic rings. The molecule has 0 aliphatic carbocycles. The predicted octanol–water partition coefficient (Wildman–Crippen LogP) is 4.35. The van der Waals surface area contributed by atoms with Gasteiger partial charge in [0.1, 0.15) is 11.6 Å². The fraction of sp³-hybridized carbons (Fsp3) is 0.0667. The summed E-state index contributed by atoms with van der Waals surface area (Å²) in [7, 11) is 0. The van der Waals surface area contributed by atoms with Crippen molar-refractivity contribution in [2.45, 2.75) is 6.54 Å². The van der Waals surface area contributed by atoms with Gasteiger partial charge in [-0.2, -0.15) is 0 Å². The molecule has 0 fully saturated rings. The minimum atomic E-state index is -0.349. The summed E-state index contributed by atoms with van der Waals surface area (Å²) in [6, 6.07) is 12.1. The van der Waals surface area contributed by atoms with Crippen molar-refractivity contribution in [3.63, 3.8) is 0 Å². The van der Waals surface area contributed by atoms with E-state index in [2.05, 4.69) is 0 Å². The maximum absolute atomic E-state index is 14.0. The second-order valence-corrected chi connectivity index (χ2v) is 4.69. The molecule has 0 spiro atoms. The van der Waals surface area contributed by atoms with Crippen molar-refractivity contribution in [1.29, 1.82) is 0 Å². The summed E-state index contributed by atoms with van der Waals surface area (Å²) < 4.78 is 19.6. The number of halogens is 2. The standard InChI is InChI=1S/C15H11ClFNO/c16-12-3-1-2-10-7-14(19-15(10)12)11-5-4-9(8-18)6-13(11)17/h1-7H,8,18H2. The van der Waals surface area contributed by atoms with Gasteiger partial charge in [0.2, 0.25) is 0 Å². The molecule has 0 radical (unpaired) electrons. The number of benzene rings is 2. The van der Waals surface area contributed by atoms with E-state index in [1.165, 1.54) is 6.07 Å². The van der Waals surface area contributed by atoms with Gasteiger partial charge >= 0.3 is 0 Å². The van der Waals surface area contributed by atoms with Crippen molar-refractivity contribution in [2.24, 2.45) is 5.73 Å². The molecule has 0 saturated heterocycles. The lowest BCUT2D eigenvalue weighted by atomic mass is 10.1. The largest absolute Gasteiger partial charge is 0.454 e. The number of para-hydroxylation sites is 1. The summed E-state index contributed by atoms with van der Waals surface area (Å²) in [6.45, 7) is 0.309. The Morgan fingerprint density at radius 3 is 2.68 bits per heavy atom. The third-order valence-electron chi connectivity index (χ3n) is 3.03. The first-order chi connectivity index (χ1) is 9.19. The molecule has 4 heteroatoms. The second-order valence-electron chi connectivity index (χ2n) is 4.29. The molecule has 2 aromatic carbocycles. The molecule has 0 aliphatic heterocycles. The molecule has 0 amide bonds. The Labute approximate surface area is 114 Å². The minimum absolute atomic E-state index is 0.309. The summed E-state index contributed by atoms with van der Waals surface area (Å²) in [5.74, 6) is 0.113. The highest BCUT2D eigenvalue weighted by atomic mass is 35.5. The van der Waals surface area contributed by atoms with Crippen LogP contribution in [0, 0.1) is 5.82 Å². The van der Waals surface area contributed by atoms with Crippen LogP contribution in [-0.2, 0) is 6.54 Å². The van der Waals surface area contributed by atoms with E-state index in [-0.39, 0.29) is 5.82 Å². The van der Waals surface area contributed by atoms with E-state index in [9.17, 15) is 4.39 Å². The maximum Gasteiger partial charge on any atom is 0.153 e. The van der Waals surface area contributed by atoms with Gasteiger partial charge in [-0.3, -0.25) is 0 Å². The Balaban J connectivity index is 2.16. The van der Waals surface area contributed by atoms with Crippen LogP contribution in [0.4, 0.5) is 4.39 Å². The summed E-state index contributed by atoms with van der Waals surface area (Å²) in [5.41, 5.74) is 7.20. The van der Waals surface area contributed by atoms with Crippen molar-refractivity contribution >= 4 is 22.6 Å². The second kappa shape index (κ2) is 4.68. The number of hydrogen-bond acceptors (Lipinski definition) is 2. The molecule has 2 N–H and O–H groups in total. The Kier molecular flexibility index (Phi) is 3.01. The van der Waals surface area contributed by atoms with Crippen LogP contribution in [0.25, 0.3) is 22.3 Å². The van der Waals surface area contributed by atoms with Crippen LogP contribution in [0.2, 0.25) is 5.02 Å². The van der Waals surface area contributed by atoms with Gasteiger partial charge in [0.15, 0.2) is 5.58 Å². The lowest BCUT2D eigenvalue weighted by molar-refractivity contribution is 0.600. The fourth-order valence-corrected chi connectivity index (χ4v) is 2.27. The average molecular weight is 276 g/mol. The summed E-state index contributed by atoms with van der Waals surface area (Å²) >= 11 is 6.04. The van der Waals surface area contributed by atoms with Gasteiger partial charge in [0, 0.05) is 11.9 Å². The zero-order valence-corrected chi connectivity index (χ0v) is 10.7. The van der Waals surface area contributed by atoms with Gasteiger partial charge in [0.05, 0.1) is 10.6 Å². The summed E-state index contributed by atoms with van der Waals surface area (Å²) in [6.07, 6.45) is 0. The van der Waals surface area contributed by atoms with Crippen LogP contribution in [0.3, 0.4) is 0 Å². The topological polar surface area (TPSA) is 39.2 Å². The number of furan rings is 1. The highest BCUT2D eigenvalue weighted by molar-refractivity contribution is 6.34. The molecular weight excluding hydrogens is 265 g/mol. The molecule has 0 atom stereocenters. The lowest BCUT2D eigenvalue weighted by Gasteiger charge is -2.02. The van der Waals surface area contributed by atoms with E-state index in [1.54, 1.807) is 24.3 Å². The molecule has 0 unspecified atom stereocenters. The van der Waals surface area contributed by atoms with Crippen LogP contribution in [0.5, 0.6) is 0 Å². The Morgan fingerprint density at radius 2 is 2.00 bits per heavy atom. The number of nitrogens with two attached hydrogens (primary N) is 1. The highest BCUT2D eigenvalue weighted by Gasteiger charge is 2.12. The quantitative estimate of drug-likeness (QED) is 0.755. The van der Waals surface area contributed by atoms with E-state index in [1.807, 2.05) is 12.1 Å². The molecule has 19 heavy (non-hydrogen) atoms. The molecule has 2 nitrogen and oxygen atoms in total. The van der Waals surface area contributed by atoms with Crippen molar-refractivity contribution in [3.05, 3.63) is 58.9 Å². The molecule has 1 heterocycles. The zero-order valence-electron chi connectivity index (χ0n) is 9.99. The van der Waals surface area contributed by atoms with Gasteiger partial charge in [-0.05, 0) is 29.8 Å². The lowest BCUT2D eigenvalue weighted by Crippen LogP contribution is -1.97. The Morgan fingerprint density at radius 1 is 1.16 bits per heavy atom. The average Bonchev–Trinajstić information content (AvgIpc) is 2.83. The van der Waals surface area contributed by atoms with E-state index in [0.29, 0.717) is 28.5 Å². The van der Waals surface area contributed by atoms with Gasteiger partial charge in [-0.1, -0.05) is 29.8 Å². The molecule has 96 valence electrons. The van der Waals surface area contributed by atoms with Crippen LogP contribution in [-0.4, -0.2) is 0 Å². The molecular formula is C15H11ClFNO.